The van der Waals surface area contributed by atoms with E-state index in [1.807, 2.05) is 18.2 Å². The van der Waals surface area contributed by atoms with Crippen LogP contribution in [-0.2, 0) is 0 Å². The zero-order valence-corrected chi connectivity index (χ0v) is 30.6. The fourth-order valence-corrected chi connectivity index (χ4v) is 8.29. The van der Waals surface area contributed by atoms with Gasteiger partial charge in [-0.3, -0.25) is 0 Å². The topological polar surface area (TPSA) is 16.4 Å². The van der Waals surface area contributed by atoms with Gasteiger partial charge in [0, 0.05) is 28.0 Å². The summed E-state index contributed by atoms with van der Waals surface area (Å²) in [6, 6.07) is 76.7. The second kappa shape index (κ2) is 13.2. The minimum absolute atomic E-state index is 0.881. The number of furan rings is 1. The third-order valence-corrected chi connectivity index (χ3v) is 11.2. The van der Waals surface area contributed by atoms with Crippen LogP contribution in [0.1, 0.15) is 0 Å². The molecule has 1 aromatic heterocycles. The Morgan fingerprint density at radius 3 is 1.62 bits per heavy atom. The molecule has 1 heterocycles. The molecular formula is C54H35NO. The standard InChI is InChI=1S/C54H35NO/c1-2-10-40-33-49(27-22-36(40)8-1)55(48-25-20-37(21-26-48)41-24-29-52-45(31-41)19-16-38-9-3-5-14-51(38)52)50-28-23-43-30-42(17-18-44(43)34-50)39-12-7-13-46(32-39)54-35-47-11-4-6-15-53(47)56-54/h1-35H. The highest BCUT2D eigenvalue weighted by Gasteiger charge is 2.15. The van der Waals surface area contributed by atoms with Crippen LogP contribution in [0.5, 0.6) is 0 Å². The van der Waals surface area contributed by atoms with Gasteiger partial charge in [0.25, 0.3) is 0 Å². The lowest BCUT2D eigenvalue weighted by molar-refractivity contribution is 0.631. The van der Waals surface area contributed by atoms with E-state index in [0.29, 0.717) is 0 Å². The number of hydrogen-bond donors (Lipinski definition) is 0. The molecular weight excluding hydrogens is 679 g/mol. The maximum absolute atomic E-state index is 6.20. The zero-order valence-electron chi connectivity index (χ0n) is 30.6. The molecule has 0 unspecified atom stereocenters. The molecule has 0 saturated heterocycles. The van der Waals surface area contributed by atoms with Crippen molar-refractivity contribution < 1.29 is 4.42 Å². The zero-order chi connectivity index (χ0) is 37.0. The Kier molecular flexibility index (Phi) is 7.53. The van der Waals surface area contributed by atoms with Crippen molar-refractivity contribution in [2.45, 2.75) is 0 Å². The van der Waals surface area contributed by atoms with Gasteiger partial charge in [-0.15, -0.1) is 0 Å². The molecule has 0 aliphatic heterocycles. The summed E-state index contributed by atoms with van der Waals surface area (Å²) in [5.74, 6) is 0.881. The van der Waals surface area contributed by atoms with Gasteiger partial charge in [-0.1, -0.05) is 146 Å². The Balaban J connectivity index is 0.957. The summed E-state index contributed by atoms with van der Waals surface area (Å²) in [4.78, 5) is 2.37. The molecule has 0 bridgehead atoms. The molecule has 0 aliphatic carbocycles. The van der Waals surface area contributed by atoms with Gasteiger partial charge >= 0.3 is 0 Å². The van der Waals surface area contributed by atoms with E-state index in [2.05, 4.69) is 199 Å². The van der Waals surface area contributed by atoms with Crippen molar-refractivity contribution in [2.75, 3.05) is 4.90 Å². The van der Waals surface area contributed by atoms with E-state index in [1.54, 1.807) is 0 Å². The third kappa shape index (κ3) is 5.68. The summed E-state index contributed by atoms with van der Waals surface area (Å²) in [6.45, 7) is 0. The van der Waals surface area contributed by atoms with Crippen LogP contribution in [0.3, 0.4) is 0 Å². The SMILES string of the molecule is c1cc(-c2ccc3cc(N(c4ccc(-c5ccc6c(ccc7ccccc76)c5)cc4)c4ccc5ccccc5c4)ccc3c2)cc(-c2cc3ccccc3o2)c1. The van der Waals surface area contributed by atoms with Crippen LogP contribution >= 0.6 is 0 Å². The summed E-state index contributed by atoms with van der Waals surface area (Å²) in [5.41, 5.74) is 10.0. The Hall–Kier alpha value is -7.42. The molecule has 56 heavy (non-hydrogen) atoms. The van der Waals surface area contributed by atoms with Gasteiger partial charge < -0.3 is 9.32 Å². The van der Waals surface area contributed by atoms with Crippen LogP contribution in [0.4, 0.5) is 17.1 Å². The van der Waals surface area contributed by atoms with E-state index < -0.39 is 0 Å². The summed E-state index contributed by atoms with van der Waals surface area (Å²) in [6.07, 6.45) is 0. The van der Waals surface area contributed by atoms with Gasteiger partial charge in [0.2, 0.25) is 0 Å². The lowest BCUT2D eigenvalue weighted by atomic mass is 9.97. The third-order valence-electron chi connectivity index (χ3n) is 11.2. The van der Waals surface area contributed by atoms with Crippen LogP contribution in [0.15, 0.2) is 217 Å². The van der Waals surface area contributed by atoms with E-state index in [0.717, 1.165) is 44.9 Å². The van der Waals surface area contributed by atoms with Crippen molar-refractivity contribution in [1.82, 2.24) is 0 Å². The first-order chi connectivity index (χ1) is 27.7. The van der Waals surface area contributed by atoms with Crippen molar-refractivity contribution in [3.8, 4) is 33.6 Å². The lowest BCUT2D eigenvalue weighted by Gasteiger charge is -2.26. The number of para-hydroxylation sites is 1. The largest absolute Gasteiger partial charge is 0.456 e. The normalized spacial score (nSPS) is 11.6. The average Bonchev–Trinajstić information content (AvgIpc) is 3.71. The van der Waals surface area contributed by atoms with Crippen molar-refractivity contribution in [3.05, 3.63) is 212 Å². The van der Waals surface area contributed by atoms with Crippen LogP contribution in [0.25, 0.3) is 87.6 Å². The van der Waals surface area contributed by atoms with E-state index in [-0.39, 0.29) is 0 Å². The second-order valence-electron chi connectivity index (χ2n) is 14.6. The molecule has 11 aromatic rings. The number of hydrogen-bond acceptors (Lipinski definition) is 2. The predicted octanol–water partition coefficient (Wildman–Crippen LogP) is 15.5. The smallest absolute Gasteiger partial charge is 0.135 e. The van der Waals surface area contributed by atoms with E-state index >= 15 is 0 Å². The Bertz CT molecular complexity index is 3230. The first-order valence-electron chi connectivity index (χ1n) is 19.1. The molecule has 0 amide bonds. The number of nitrogens with zero attached hydrogens (tertiary/aromatic N) is 1. The summed E-state index contributed by atoms with van der Waals surface area (Å²) in [7, 11) is 0. The Labute approximate surface area is 325 Å². The molecule has 0 spiro atoms. The fourth-order valence-electron chi connectivity index (χ4n) is 8.29. The number of rotatable bonds is 6. The van der Waals surface area contributed by atoms with E-state index in [9.17, 15) is 0 Å². The molecule has 0 atom stereocenters. The van der Waals surface area contributed by atoms with Gasteiger partial charge in [0.15, 0.2) is 0 Å². The van der Waals surface area contributed by atoms with Gasteiger partial charge in [-0.25, -0.2) is 0 Å². The van der Waals surface area contributed by atoms with Crippen LogP contribution in [-0.4, -0.2) is 0 Å². The van der Waals surface area contributed by atoms with E-state index in [4.69, 9.17) is 4.42 Å². The minimum Gasteiger partial charge on any atom is -0.456 e. The quantitative estimate of drug-likeness (QED) is 0.160. The maximum atomic E-state index is 6.20. The molecule has 11 rings (SSSR count). The van der Waals surface area contributed by atoms with Gasteiger partial charge in [0.05, 0.1) is 0 Å². The molecule has 0 saturated carbocycles. The highest BCUT2D eigenvalue weighted by molar-refractivity contribution is 6.08. The second-order valence-corrected chi connectivity index (χ2v) is 14.6. The molecule has 10 aromatic carbocycles. The minimum atomic E-state index is 0.881. The molecule has 262 valence electrons. The highest BCUT2D eigenvalue weighted by atomic mass is 16.3. The van der Waals surface area contributed by atoms with Crippen molar-refractivity contribution in [3.63, 3.8) is 0 Å². The number of benzene rings is 10. The Morgan fingerprint density at radius 2 is 0.786 bits per heavy atom. The first-order valence-corrected chi connectivity index (χ1v) is 19.1. The van der Waals surface area contributed by atoms with Crippen LogP contribution in [0, 0.1) is 0 Å². The van der Waals surface area contributed by atoms with Gasteiger partial charge in [-0.05, 0) is 132 Å². The average molecular weight is 714 g/mol. The molecule has 0 radical (unpaired) electrons. The highest BCUT2D eigenvalue weighted by Crippen LogP contribution is 2.40. The van der Waals surface area contributed by atoms with Crippen molar-refractivity contribution in [2.24, 2.45) is 0 Å². The van der Waals surface area contributed by atoms with Gasteiger partial charge in [0.1, 0.15) is 11.3 Å². The summed E-state index contributed by atoms with van der Waals surface area (Å²) >= 11 is 0. The molecule has 0 aliphatic rings. The van der Waals surface area contributed by atoms with Crippen molar-refractivity contribution >= 4 is 71.1 Å². The monoisotopic (exact) mass is 713 g/mol. The maximum Gasteiger partial charge on any atom is 0.135 e. The van der Waals surface area contributed by atoms with E-state index in [1.165, 1.54) is 59.8 Å². The summed E-state index contributed by atoms with van der Waals surface area (Å²) in [5, 5.41) is 11.0. The lowest BCUT2D eigenvalue weighted by Crippen LogP contribution is -2.09. The fraction of sp³-hybridized carbons (Fsp3) is 0. The number of anilines is 3. The van der Waals surface area contributed by atoms with Crippen LogP contribution in [0.2, 0.25) is 0 Å². The van der Waals surface area contributed by atoms with Gasteiger partial charge in [-0.2, -0.15) is 0 Å². The van der Waals surface area contributed by atoms with Crippen LogP contribution < -0.4 is 4.90 Å². The molecule has 2 heteroatoms. The Morgan fingerprint density at radius 1 is 0.268 bits per heavy atom. The molecule has 0 fully saturated rings. The molecule has 0 N–H and O–H groups in total. The van der Waals surface area contributed by atoms with Crippen molar-refractivity contribution in [1.29, 1.82) is 0 Å². The summed E-state index contributed by atoms with van der Waals surface area (Å²) < 4.78 is 6.20. The predicted molar refractivity (Wildman–Crippen MR) is 237 cm³/mol. The number of fused-ring (bicyclic) bond motifs is 6. The molecule has 2 nitrogen and oxygen atoms in total. The first kappa shape index (κ1) is 32.0.